The molecule has 0 heterocycles. The third kappa shape index (κ3) is 6.99. The summed E-state index contributed by atoms with van der Waals surface area (Å²) in [6.07, 6.45) is 2.51. The zero-order valence-electron chi connectivity index (χ0n) is 19.1. The quantitative estimate of drug-likeness (QED) is 0.424. The Morgan fingerprint density at radius 1 is 0.618 bits per heavy atom. The zero-order valence-corrected chi connectivity index (χ0v) is 22.3. The first-order chi connectivity index (χ1) is 15.3. The molecule has 0 saturated heterocycles. The summed E-state index contributed by atoms with van der Waals surface area (Å²) in [5.74, 6) is 0.620. The Bertz CT molecular complexity index is 1390. The van der Waals surface area contributed by atoms with Crippen molar-refractivity contribution in [3.05, 3.63) is 60.2 Å². The van der Waals surface area contributed by atoms with Crippen molar-refractivity contribution in [1.29, 1.82) is 0 Å². The van der Waals surface area contributed by atoms with Gasteiger partial charge in [-0.3, -0.25) is 0 Å². The van der Waals surface area contributed by atoms with Gasteiger partial charge in [0.15, 0.2) is 0 Å². The molecule has 0 radical (unpaired) electrons. The van der Waals surface area contributed by atoms with Crippen LogP contribution in [0.2, 0.25) is 0 Å². The molecule has 0 fully saturated rings. The number of ether oxygens (including phenoxy) is 1. The molecule has 2 aromatic carbocycles. The van der Waals surface area contributed by atoms with Gasteiger partial charge in [0.2, 0.25) is 40.1 Å². The molecule has 0 saturated carbocycles. The number of sulfonamides is 4. The maximum absolute atomic E-state index is 12.6. The lowest BCUT2D eigenvalue weighted by Gasteiger charge is -2.36. The maximum Gasteiger partial charge on any atom is 0.224 e. The molecular formula is C19H26N2O9S4. The minimum absolute atomic E-state index is 0.00548. The van der Waals surface area contributed by atoms with Gasteiger partial charge >= 0.3 is 0 Å². The highest BCUT2D eigenvalue weighted by molar-refractivity contribution is 8.04. The highest BCUT2D eigenvalue weighted by Crippen LogP contribution is 2.36. The summed E-state index contributed by atoms with van der Waals surface area (Å²) < 4.78 is 106. The van der Waals surface area contributed by atoms with E-state index in [1.165, 1.54) is 24.3 Å². The number of hydrogen-bond donors (Lipinski definition) is 0. The van der Waals surface area contributed by atoms with Crippen LogP contribution in [-0.4, -0.2) is 72.2 Å². The lowest BCUT2D eigenvalue weighted by molar-refractivity contribution is 0.315. The van der Waals surface area contributed by atoms with Gasteiger partial charge < -0.3 is 4.74 Å². The van der Waals surface area contributed by atoms with Crippen LogP contribution in [0.15, 0.2) is 54.6 Å². The first-order valence-corrected chi connectivity index (χ1v) is 16.9. The maximum atomic E-state index is 12.6. The van der Waals surface area contributed by atoms with Gasteiger partial charge in [0, 0.05) is 0 Å². The van der Waals surface area contributed by atoms with Crippen LogP contribution in [-0.2, 0) is 40.1 Å². The fourth-order valence-electron chi connectivity index (χ4n) is 3.59. The van der Waals surface area contributed by atoms with Gasteiger partial charge in [-0.15, -0.1) is 0 Å². The molecule has 2 aromatic rings. The molecule has 2 rings (SSSR count). The smallest absolute Gasteiger partial charge is 0.224 e. The second kappa shape index (κ2) is 9.91. The monoisotopic (exact) mass is 554 g/mol. The fraction of sp³-hybridized carbons (Fsp3) is 0.368. The SMILES string of the molecule is C[C@H]([C@H](c1cccc(Oc2ccccc2)c1)N(S(C)(=O)=O)S(C)(=O)=O)N(S(C)(=O)=O)S(C)(=O)=O. The van der Waals surface area contributed by atoms with E-state index >= 15 is 0 Å². The van der Waals surface area contributed by atoms with E-state index in [1.807, 2.05) is 0 Å². The van der Waals surface area contributed by atoms with E-state index in [0.717, 1.165) is 6.92 Å². The van der Waals surface area contributed by atoms with Crippen LogP contribution in [0.3, 0.4) is 0 Å². The van der Waals surface area contributed by atoms with Crippen LogP contribution in [0, 0.1) is 0 Å². The second-order valence-electron chi connectivity index (χ2n) is 7.68. The van der Waals surface area contributed by atoms with Crippen molar-refractivity contribution in [2.24, 2.45) is 0 Å². The normalized spacial score (nSPS) is 15.3. The van der Waals surface area contributed by atoms with E-state index in [4.69, 9.17) is 4.74 Å². The molecule has 190 valence electrons. The van der Waals surface area contributed by atoms with Gasteiger partial charge in [-0.05, 0) is 36.8 Å². The molecule has 11 nitrogen and oxygen atoms in total. The number of para-hydroxylation sites is 1. The Kier molecular flexibility index (Phi) is 8.22. The van der Waals surface area contributed by atoms with Crippen LogP contribution < -0.4 is 4.74 Å². The Hall–Kier alpha value is -2.04. The molecule has 0 aliphatic rings. The van der Waals surface area contributed by atoms with E-state index in [2.05, 4.69) is 0 Å². The topological polar surface area (TPSA) is 152 Å². The first-order valence-electron chi connectivity index (χ1n) is 9.55. The van der Waals surface area contributed by atoms with Crippen LogP contribution in [0.25, 0.3) is 0 Å². The van der Waals surface area contributed by atoms with Crippen LogP contribution in [0.1, 0.15) is 18.5 Å². The van der Waals surface area contributed by atoms with Gasteiger partial charge in [0.1, 0.15) is 11.5 Å². The molecule has 0 N–H and O–H groups in total. The minimum atomic E-state index is -4.52. The van der Waals surface area contributed by atoms with Crippen LogP contribution in [0.4, 0.5) is 0 Å². The van der Waals surface area contributed by atoms with Crippen LogP contribution >= 0.6 is 0 Å². The number of nitrogens with zero attached hydrogens (tertiary/aromatic N) is 2. The van der Waals surface area contributed by atoms with Gasteiger partial charge in [-0.1, -0.05) is 37.8 Å². The number of rotatable bonds is 10. The van der Waals surface area contributed by atoms with Crippen molar-refractivity contribution in [1.82, 2.24) is 7.42 Å². The van der Waals surface area contributed by atoms with Gasteiger partial charge in [-0.25, -0.2) is 33.7 Å². The molecule has 0 bridgehead atoms. The molecule has 2 atom stereocenters. The summed E-state index contributed by atoms with van der Waals surface area (Å²) in [7, 11) is -18.0. The molecule has 0 amide bonds. The van der Waals surface area contributed by atoms with E-state index in [9.17, 15) is 33.7 Å². The summed E-state index contributed by atoms with van der Waals surface area (Å²) >= 11 is 0. The number of hydrogen-bond acceptors (Lipinski definition) is 9. The van der Waals surface area contributed by atoms with Crippen molar-refractivity contribution in [3.8, 4) is 11.5 Å². The predicted molar refractivity (Wildman–Crippen MR) is 128 cm³/mol. The largest absolute Gasteiger partial charge is 0.457 e. The predicted octanol–water partition coefficient (Wildman–Crippen LogP) is 1.35. The molecule has 15 heteroatoms. The molecule has 0 aromatic heterocycles. The molecular weight excluding hydrogens is 528 g/mol. The zero-order chi connectivity index (χ0) is 26.1. The van der Waals surface area contributed by atoms with Crippen molar-refractivity contribution < 1.29 is 38.4 Å². The van der Waals surface area contributed by atoms with Crippen molar-refractivity contribution in [3.63, 3.8) is 0 Å². The number of benzene rings is 2. The summed E-state index contributed by atoms with van der Waals surface area (Å²) in [6, 6.07) is 10.7. The van der Waals surface area contributed by atoms with Crippen LogP contribution in [0.5, 0.6) is 11.5 Å². The van der Waals surface area contributed by atoms with Crippen molar-refractivity contribution in [2.45, 2.75) is 19.0 Å². The molecule has 0 aliphatic heterocycles. The lowest BCUT2D eigenvalue weighted by Crippen LogP contribution is -2.51. The Labute approximate surface area is 201 Å². The third-order valence-electron chi connectivity index (χ3n) is 4.50. The molecule has 0 aliphatic carbocycles. The second-order valence-corrected chi connectivity index (χ2v) is 15.6. The van der Waals surface area contributed by atoms with Gasteiger partial charge in [0.25, 0.3) is 0 Å². The average Bonchev–Trinajstić information content (AvgIpc) is 2.62. The van der Waals surface area contributed by atoms with Crippen molar-refractivity contribution in [2.75, 3.05) is 25.0 Å². The van der Waals surface area contributed by atoms with E-state index in [-0.39, 0.29) is 18.7 Å². The van der Waals surface area contributed by atoms with E-state index < -0.39 is 52.2 Å². The average molecular weight is 555 g/mol. The minimum Gasteiger partial charge on any atom is -0.457 e. The first kappa shape index (κ1) is 28.2. The van der Waals surface area contributed by atoms with Gasteiger partial charge in [-0.2, -0.15) is 0 Å². The highest BCUT2D eigenvalue weighted by atomic mass is 32.3. The summed E-state index contributed by atoms with van der Waals surface area (Å²) in [6.45, 7) is 1.11. The standard InChI is InChI=1S/C19H26N2O9S4/c1-15(20(31(2,22)23)32(3,24)25)19(21(33(4,26)27)34(5,28)29)16-10-9-13-18(14-16)30-17-11-7-6-8-12-17/h6-15,19H,1-5H3/t15-,19-/m1/s1. The van der Waals surface area contributed by atoms with E-state index in [0.29, 0.717) is 30.8 Å². The summed E-state index contributed by atoms with van der Waals surface area (Å²) in [5, 5.41) is 0. The van der Waals surface area contributed by atoms with Gasteiger partial charge in [0.05, 0.1) is 37.1 Å². The fourth-order valence-corrected chi connectivity index (χ4v) is 10.4. The molecule has 34 heavy (non-hydrogen) atoms. The Balaban J connectivity index is 2.80. The Morgan fingerprint density at radius 2 is 1.06 bits per heavy atom. The van der Waals surface area contributed by atoms with Crippen molar-refractivity contribution >= 4 is 40.1 Å². The molecule has 0 unspecified atom stereocenters. The highest BCUT2D eigenvalue weighted by Gasteiger charge is 2.46. The summed E-state index contributed by atoms with van der Waals surface area (Å²) in [4.78, 5) is 0. The van der Waals surface area contributed by atoms with E-state index in [1.54, 1.807) is 30.3 Å². The summed E-state index contributed by atoms with van der Waals surface area (Å²) in [5.41, 5.74) is -0.00548. The lowest BCUT2D eigenvalue weighted by atomic mass is 10.0. The third-order valence-corrected chi connectivity index (χ3v) is 11.5. The molecule has 0 spiro atoms. The Morgan fingerprint density at radius 3 is 1.50 bits per heavy atom.